The van der Waals surface area contributed by atoms with Crippen LogP contribution in [0.3, 0.4) is 0 Å². The highest BCUT2D eigenvalue weighted by Gasteiger charge is 2.45. The molecule has 6 nitrogen and oxygen atoms in total. The van der Waals surface area contributed by atoms with E-state index in [1.165, 1.54) is 6.20 Å². The van der Waals surface area contributed by atoms with E-state index in [0.29, 0.717) is 5.69 Å². The molecule has 2 aliphatic rings. The fourth-order valence-electron chi connectivity index (χ4n) is 3.03. The van der Waals surface area contributed by atoms with Crippen LogP contribution < -0.4 is 10.2 Å². The van der Waals surface area contributed by atoms with Crippen LogP contribution in [0, 0.1) is 11.8 Å². The van der Waals surface area contributed by atoms with Gasteiger partial charge in [0.2, 0.25) is 11.8 Å². The Morgan fingerprint density at radius 2 is 1.95 bits per heavy atom. The molecule has 1 atom stereocenters. The van der Waals surface area contributed by atoms with Crippen LogP contribution in [0.1, 0.15) is 25.7 Å². The van der Waals surface area contributed by atoms with E-state index in [1.54, 1.807) is 18.3 Å². The molecule has 0 spiro atoms. The number of carbonyl (C=O) groups is 3. The summed E-state index contributed by atoms with van der Waals surface area (Å²) in [5, 5.41) is 2.28. The number of anilines is 1. The third-order valence-corrected chi connectivity index (χ3v) is 3.98. The van der Waals surface area contributed by atoms with Crippen molar-refractivity contribution in [1.82, 2.24) is 10.3 Å². The number of imide groups is 2. The number of carbonyl (C=O) groups excluding carboxylic acids is 3. The van der Waals surface area contributed by atoms with Crippen molar-refractivity contribution in [2.24, 2.45) is 11.8 Å². The van der Waals surface area contributed by atoms with Gasteiger partial charge in [-0.1, -0.05) is 12.8 Å². The maximum absolute atomic E-state index is 12.6. The van der Waals surface area contributed by atoms with Gasteiger partial charge in [0.05, 0.1) is 11.9 Å². The molecule has 1 saturated carbocycles. The van der Waals surface area contributed by atoms with E-state index < -0.39 is 23.8 Å². The summed E-state index contributed by atoms with van der Waals surface area (Å²) in [6.45, 7) is 0. The van der Waals surface area contributed by atoms with Gasteiger partial charge in [0.15, 0.2) is 0 Å². The lowest BCUT2D eigenvalue weighted by Gasteiger charge is -2.32. The average Bonchev–Trinajstić information content (AvgIpc) is 2.93. The molecule has 1 saturated heterocycles. The summed E-state index contributed by atoms with van der Waals surface area (Å²) < 4.78 is 0. The fraction of sp³-hybridized carbons (Fsp3) is 0.429. The van der Waals surface area contributed by atoms with Gasteiger partial charge >= 0.3 is 6.03 Å². The standard InChI is InChI=1S/C14H15N3O3/c18-12-11(9-4-1-2-5-9)13(19)17(14(20)16-12)10-6-3-7-15-8-10/h3,6-9,11H,1-2,4-5H2,(H,16,18,20). The summed E-state index contributed by atoms with van der Waals surface area (Å²) in [4.78, 5) is 41.4. The number of nitrogens with zero attached hydrogens (tertiary/aromatic N) is 2. The summed E-state index contributed by atoms with van der Waals surface area (Å²) in [6.07, 6.45) is 6.79. The smallest absolute Gasteiger partial charge is 0.277 e. The molecule has 0 bridgehead atoms. The van der Waals surface area contributed by atoms with E-state index in [-0.39, 0.29) is 5.92 Å². The second-order valence-corrected chi connectivity index (χ2v) is 5.20. The monoisotopic (exact) mass is 273 g/mol. The summed E-state index contributed by atoms with van der Waals surface area (Å²) >= 11 is 0. The third kappa shape index (κ3) is 2.07. The number of hydrogen-bond donors (Lipinski definition) is 1. The first kappa shape index (κ1) is 12.8. The largest absolute Gasteiger partial charge is 0.335 e. The van der Waals surface area contributed by atoms with E-state index in [4.69, 9.17) is 0 Å². The zero-order valence-electron chi connectivity index (χ0n) is 10.9. The maximum Gasteiger partial charge on any atom is 0.335 e. The van der Waals surface area contributed by atoms with Crippen LogP contribution in [0.5, 0.6) is 0 Å². The van der Waals surface area contributed by atoms with Crippen molar-refractivity contribution in [2.75, 3.05) is 4.90 Å². The molecule has 4 amide bonds. The molecule has 2 heterocycles. The topological polar surface area (TPSA) is 79.4 Å². The molecule has 20 heavy (non-hydrogen) atoms. The second-order valence-electron chi connectivity index (χ2n) is 5.20. The molecule has 3 rings (SSSR count). The lowest BCUT2D eigenvalue weighted by Crippen LogP contribution is -2.59. The molecule has 1 N–H and O–H groups in total. The predicted molar refractivity (Wildman–Crippen MR) is 70.7 cm³/mol. The van der Waals surface area contributed by atoms with Crippen LogP contribution in [0.25, 0.3) is 0 Å². The molecule has 1 aliphatic heterocycles. The number of nitrogens with one attached hydrogen (secondary N) is 1. The zero-order valence-corrected chi connectivity index (χ0v) is 10.9. The number of pyridine rings is 1. The maximum atomic E-state index is 12.6. The van der Waals surface area contributed by atoms with Crippen LogP contribution in [0.15, 0.2) is 24.5 Å². The summed E-state index contributed by atoms with van der Waals surface area (Å²) in [7, 11) is 0. The first-order valence-corrected chi connectivity index (χ1v) is 6.77. The Morgan fingerprint density at radius 1 is 1.20 bits per heavy atom. The molecule has 0 aromatic carbocycles. The minimum atomic E-state index is -0.754. The molecular weight excluding hydrogens is 258 g/mol. The highest BCUT2D eigenvalue weighted by Crippen LogP contribution is 2.34. The van der Waals surface area contributed by atoms with Gasteiger partial charge in [-0.3, -0.25) is 19.9 Å². The average molecular weight is 273 g/mol. The number of barbiturate groups is 1. The van der Waals surface area contributed by atoms with Gasteiger partial charge in [-0.2, -0.15) is 0 Å². The Bertz CT molecular complexity index is 552. The van der Waals surface area contributed by atoms with Crippen molar-refractivity contribution in [3.05, 3.63) is 24.5 Å². The molecule has 1 aromatic rings. The van der Waals surface area contributed by atoms with Gasteiger partial charge in [-0.25, -0.2) is 9.69 Å². The van der Waals surface area contributed by atoms with Crippen LogP contribution in [-0.4, -0.2) is 22.8 Å². The van der Waals surface area contributed by atoms with Crippen molar-refractivity contribution < 1.29 is 14.4 Å². The van der Waals surface area contributed by atoms with Gasteiger partial charge in [-0.15, -0.1) is 0 Å². The normalized spacial score (nSPS) is 24.1. The van der Waals surface area contributed by atoms with Crippen LogP contribution in [0.4, 0.5) is 10.5 Å². The lowest BCUT2D eigenvalue weighted by molar-refractivity contribution is -0.136. The molecule has 0 radical (unpaired) electrons. The van der Waals surface area contributed by atoms with Crippen molar-refractivity contribution >= 4 is 23.5 Å². The molecule has 1 unspecified atom stereocenters. The van der Waals surface area contributed by atoms with Crippen LogP contribution in [0.2, 0.25) is 0 Å². The third-order valence-electron chi connectivity index (χ3n) is 3.98. The lowest BCUT2D eigenvalue weighted by atomic mass is 9.87. The SMILES string of the molecule is O=C1NC(=O)N(c2cccnc2)C(=O)C1C1CCCC1. The van der Waals surface area contributed by atoms with Crippen LogP contribution in [-0.2, 0) is 9.59 Å². The van der Waals surface area contributed by atoms with E-state index >= 15 is 0 Å². The van der Waals surface area contributed by atoms with Gasteiger partial charge in [0, 0.05) is 6.20 Å². The van der Waals surface area contributed by atoms with E-state index in [9.17, 15) is 14.4 Å². The first-order valence-electron chi connectivity index (χ1n) is 6.77. The van der Waals surface area contributed by atoms with Gasteiger partial charge < -0.3 is 0 Å². The molecule has 1 aromatic heterocycles. The summed E-state index contributed by atoms with van der Waals surface area (Å²) in [6, 6.07) is 2.59. The first-order chi connectivity index (χ1) is 9.68. The van der Waals surface area contributed by atoms with E-state index in [1.807, 2.05) is 0 Å². The zero-order chi connectivity index (χ0) is 14.1. The van der Waals surface area contributed by atoms with Crippen molar-refractivity contribution in [3.8, 4) is 0 Å². The minimum Gasteiger partial charge on any atom is -0.277 e. The Hall–Kier alpha value is -2.24. The summed E-state index contributed by atoms with van der Waals surface area (Å²) in [5.41, 5.74) is 0.394. The Morgan fingerprint density at radius 3 is 2.60 bits per heavy atom. The second kappa shape index (κ2) is 5.03. The van der Waals surface area contributed by atoms with Crippen LogP contribution >= 0.6 is 0 Å². The summed E-state index contributed by atoms with van der Waals surface area (Å²) in [5.74, 6) is -1.61. The Balaban J connectivity index is 1.92. The van der Waals surface area contributed by atoms with Crippen molar-refractivity contribution in [1.29, 1.82) is 0 Å². The number of hydrogen-bond acceptors (Lipinski definition) is 4. The highest BCUT2D eigenvalue weighted by molar-refractivity contribution is 6.27. The fourth-order valence-corrected chi connectivity index (χ4v) is 3.03. The van der Waals surface area contributed by atoms with Gasteiger partial charge in [0.1, 0.15) is 5.92 Å². The van der Waals surface area contributed by atoms with Crippen molar-refractivity contribution in [2.45, 2.75) is 25.7 Å². The number of aromatic nitrogens is 1. The Labute approximate surface area is 116 Å². The molecular formula is C14H15N3O3. The molecule has 1 aliphatic carbocycles. The Kier molecular flexibility index (Phi) is 3.22. The molecule has 2 fully saturated rings. The van der Waals surface area contributed by atoms with E-state index in [2.05, 4.69) is 10.3 Å². The molecule has 104 valence electrons. The number of amides is 4. The minimum absolute atomic E-state index is 0.0368. The van der Waals surface area contributed by atoms with Crippen molar-refractivity contribution in [3.63, 3.8) is 0 Å². The van der Waals surface area contributed by atoms with Gasteiger partial charge in [-0.05, 0) is 30.9 Å². The number of urea groups is 1. The van der Waals surface area contributed by atoms with Gasteiger partial charge in [0.25, 0.3) is 0 Å². The molecule has 6 heteroatoms. The number of rotatable bonds is 2. The quantitative estimate of drug-likeness (QED) is 0.827. The predicted octanol–water partition coefficient (Wildman–Crippen LogP) is 1.47. The highest BCUT2D eigenvalue weighted by atomic mass is 16.2. The van der Waals surface area contributed by atoms with E-state index in [0.717, 1.165) is 30.6 Å².